The Balaban J connectivity index is 0. The molecule has 0 heterocycles. The number of hydrogen-bond acceptors (Lipinski definition) is 3. The predicted molar refractivity (Wildman–Crippen MR) is 64.5 cm³/mol. The quantitative estimate of drug-likeness (QED) is 0.695. The molecular weight excluding hydrogens is 216 g/mol. The highest BCUT2D eigenvalue weighted by Gasteiger charge is 2.12. The molecule has 4 nitrogen and oxygen atoms in total. The minimum Gasteiger partial charge on any atom is -0.369 e. The molecule has 2 N–H and O–H groups in total. The second-order valence-corrected chi connectivity index (χ2v) is 3.30. The molecule has 1 unspecified atom stereocenters. The highest BCUT2D eigenvalue weighted by molar-refractivity contribution is 5.85. The maximum absolute atomic E-state index is 11.4. The van der Waals surface area contributed by atoms with E-state index in [-0.39, 0.29) is 24.4 Å². The molecule has 0 aromatic rings. The van der Waals surface area contributed by atoms with Crippen molar-refractivity contribution in [2.75, 3.05) is 19.7 Å². The fourth-order valence-corrected chi connectivity index (χ4v) is 1.14. The maximum atomic E-state index is 11.4. The molecule has 0 saturated carbocycles. The second-order valence-electron chi connectivity index (χ2n) is 3.30. The van der Waals surface area contributed by atoms with Crippen molar-refractivity contribution in [1.29, 1.82) is 0 Å². The van der Waals surface area contributed by atoms with Crippen molar-refractivity contribution in [2.24, 2.45) is 0 Å². The van der Waals surface area contributed by atoms with Gasteiger partial charge in [0, 0.05) is 19.2 Å². The van der Waals surface area contributed by atoms with Gasteiger partial charge in [0.25, 0.3) is 0 Å². The molecule has 1 amide bonds. The lowest BCUT2D eigenvalue weighted by molar-refractivity contribution is -0.131. The van der Waals surface area contributed by atoms with Gasteiger partial charge >= 0.3 is 0 Å². The van der Waals surface area contributed by atoms with Crippen LogP contribution in [-0.4, -0.2) is 37.7 Å². The number of nitrogens with one attached hydrogen (secondary N) is 2. The number of amides is 1. The topological polar surface area (TPSA) is 50.4 Å². The lowest BCUT2D eigenvalue weighted by Gasteiger charge is -2.16. The molecule has 15 heavy (non-hydrogen) atoms. The van der Waals surface area contributed by atoms with Crippen molar-refractivity contribution in [3.8, 4) is 0 Å². The van der Waals surface area contributed by atoms with E-state index in [1.165, 1.54) is 0 Å². The largest absolute Gasteiger partial charge is 0.369 e. The Morgan fingerprint density at radius 3 is 2.40 bits per heavy atom. The van der Waals surface area contributed by atoms with Gasteiger partial charge in [0.05, 0.1) is 0 Å². The molecule has 0 saturated heterocycles. The minimum absolute atomic E-state index is 0. The van der Waals surface area contributed by atoms with Crippen molar-refractivity contribution in [3.05, 3.63) is 0 Å². The Hall–Kier alpha value is -0.320. The number of likely N-dealkylation sites (N-methyl/N-ethyl adjacent to an activating group) is 1. The monoisotopic (exact) mass is 238 g/mol. The molecule has 92 valence electrons. The van der Waals surface area contributed by atoms with E-state index < -0.39 is 0 Å². The Bertz CT molecular complexity index is 168. The van der Waals surface area contributed by atoms with Gasteiger partial charge in [-0.15, -0.1) is 12.4 Å². The van der Waals surface area contributed by atoms with Crippen LogP contribution in [0.1, 0.15) is 27.7 Å². The maximum Gasteiger partial charge on any atom is 0.248 e. The summed E-state index contributed by atoms with van der Waals surface area (Å²) in [5.41, 5.74) is 0. The zero-order valence-electron chi connectivity index (χ0n) is 10.0. The number of hydrogen-bond donors (Lipinski definition) is 2. The van der Waals surface area contributed by atoms with Gasteiger partial charge in [0.2, 0.25) is 5.91 Å². The summed E-state index contributed by atoms with van der Waals surface area (Å²) in [6, 6.07) is 0.303. The van der Waals surface area contributed by atoms with Gasteiger partial charge in [-0.2, -0.15) is 0 Å². The summed E-state index contributed by atoms with van der Waals surface area (Å²) in [5.74, 6) is -0.0448. The number of ether oxygens (including phenoxy) is 1. The van der Waals surface area contributed by atoms with Crippen LogP contribution in [0.4, 0.5) is 0 Å². The second kappa shape index (κ2) is 10.2. The smallest absolute Gasteiger partial charge is 0.248 e. The normalized spacial score (nSPS) is 13.9. The first-order valence-electron chi connectivity index (χ1n) is 5.24. The summed E-state index contributed by atoms with van der Waals surface area (Å²) in [7, 11) is 0. The zero-order valence-corrected chi connectivity index (χ0v) is 10.8. The third-order valence-corrected chi connectivity index (χ3v) is 1.92. The molecule has 0 aliphatic heterocycles. The fraction of sp³-hybridized carbons (Fsp3) is 0.900. The lowest BCUT2D eigenvalue weighted by Crippen LogP contribution is -2.42. The highest BCUT2D eigenvalue weighted by atomic mass is 35.5. The molecule has 5 heteroatoms. The third kappa shape index (κ3) is 8.66. The number of carbonyl (C=O) groups is 1. The molecule has 0 rings (SSSR count). The van der Waals surface area contributed by atoms with E-state index in [2.05, 4.69) is 10.6 Å². The first-order valence-corrected chi connectivity index (χ1v) is 5.24. The molecule has 0 radical (unpaired) electrons. The summed E-state index contributed by atoms with van der Waals surface area (Å²) < 4.78 is 5.16. The molecule has 0 bridgehead atoms. The average molecular weight is 239 g/mol. The predicted octanol–water partition coefficient (Wildman–Crippen LogP) is 0.947. The molecule has 0 fully saturated rings. The van der Waals surface area contributed by atoms with Crippen molar-refractivity contribution in [2.45, 2.75) is 39.8 Å². The SMILES string of the molecule is CCN[C@H](C)CNC(=O)C(C)OCC.Cl. The fourth-order valence-electron chi connectivity index (χ4n) is 1.14. The molecule has 0 aliphatic rings. The molecule has 0 aromatic heterocycles. The van der Waals surface area contributed by atoms with Crippen molar-refractivity contribution in [1.82, 2.24) is 10.6 Å². The van der Waals surface area contributed by atoms with E-state index in [4.69, 9.17) is 4.74 Å². The number of rotatable bonds is 7. The van der Waals surface area contributed by atoms with Crippen LogP contribution in [-0.2, 0) is 9.53 Å². The van der Waals surface area contributed by atoms with Gasteiger partial charge in [-0.25, -0.2) is 0 Å². The van der Waals surface area contributed by atoms with E-state index in [9.17, 15) is 4.79 Å². The zero-order chi connectivity index (χ0) is 11.0. The van der Waals surface area contributed by atoms with Crippen LogP contribution in [0.15, 0.2) is 0 Å². The van der Waals surface area contributed by atoms with Gasteiger partial charge in [0.1, 0.15) is 6.10 Å². The van der Waals surface area contributed by atoms with Crippen LogP contribution in [0.5, 0.6) is 0 Å². The summed E-state index contributed by atoms with van der Waals surface area (Å²) in [5, 5.41) is 6.04. The van der Waals surface area contributed by atoms with Gasteiger partial charge in [-0.3, -0.25) is 4.79 Å². The van der Waals surface area contributed by atoms with Gasteiger partial charge in [0.15, 0.2) is 0 Å². The Morgan fingerprint density at radius 1 is 1.33 bits per heavy atom. The number of carbonyl (C=O) groups excluding carboxylic acids is 1. The standard InChI is InChI=1S/C10H22N2O2.ClH/c1-5-11-8(3)7-12-10(13)9(4)14-6-2;/h8-9,11H,5-7H2,1-4H3,(H,12,13);1H/t8-,9?;/m1./s1. The van der Waals surface area contributed by atoms with Crippen LogP contribution in [0.3, 0.4) is 0 Å². The van der Waals surface area contributed by atoms with Crippen LogP contribution in [0.25, 0.3) is 0 Å². The Labute approximate surface area is 98.6 Å². The number of halogens is 1. The van der Waals surface area contributed by atoms with E-state index in [0.29, 0.717) is 19.2 Å². The summed E-state index contributed by atoms with van der Waals surface area (Å²) in [6.07, 6.45) is -0.353. The van der Waals surface area contributed by atoms with Crippen molar-refractivity contribution < 1.29 is 9.53 Å². The molecule has 2 atom stereocenters. The highest BCUT2D eigenvalue weighted by Crippen LogP contribution is 1.90. The summed E-state index contributed by atoms with van der Waals surface area (Å²) in [4.78, 5) is 11.4. The Morgan fingerprint density at radius 2 is 1.93 bits per heavy atom. The van der Waals surface area contributed by atoms with Gasteiger partial charge in [-0.05, 0) is 27.3 Å². The average Bonchev–Trinajstić information content (AvgIpc) is 2.15. The third-order valence-electron chi connectivity index (χ3n) is 1.92. The van der Waals surface area contributed by atoms with Gasteiger partial charge in [-0.1, -0.05) is 6.92 Å². The molecule has 0 spiro atoms. The van der Waals surface area contributed by atoms with Crippen LogP contribution in [0, 0.1) is 0 Å². The Kier molecular flexibility index (Phi) is 11.6. The van der Waals surface area contributed by atoms with Crippen molar-refractivity contribution >= 4 is 18.3 Å². The van der Waals surface area contributed by atoms with E-state index in [1.54, 1.807) is 6.92 Å². The summed E-state index contributed by atoms with van der Waals surface area (Å²) >= 11 is 0. The van der Waals surface area contributed by atoms with Gasteiger partial charge < -0.3 is 15.4 Å². The van der Waals surface area contributed by atoms with E-state index in [1.807, 2.05) is 20.8 Å². The van der Waals surface area contributed by atoms with Crippen LogP contribution < -0.4 is 10.6 Å². The molecule has 0 aromatic carbocycles. The first kappa shape index (κ1) is 17.1. The summed E-state index contributed by atoms with van der Waals surface area (Å²) in [6.45, 7) is 9.84. The van der Waals surface area contributed by atoms with E-state index >= 15 is 0 Å². The molecule has 0 aliphatic carbocycles. The van der Waals surface area contributed by atoms with Crippen molar-refractivity contribution in [3.63, 3.8) is 0 Å². The van der Waals surface area contributed by atoms with E-state index in [0.717, 1.165) is 6.54 Å². The molecular formula is C10H23ClN2O2. The van der Waals surface area contributed by atoms with Crippen LogP contribution >= 0.6 is 12.4 Å². The first-order chi connectivity index (χ1) is 6.61. The van der Waals surface area contributed by atoms with Crippen LogP contribution in [0.2, 0.25) is 0 Å². The minimum atomic E-state index is -0.353. The lowest BCUT2D eigenvalue weighted by atomic mass is 10.3.